The van der Waals surface area contributed by atoms with E-state index in [1.54, 1.807) is 18.2 Å². The summed E-state index contributed by atoms with van der Waals surface area (Å²) in [4.78, 5) is 21.7. The number of nitro benzene ring substituents is 1. The maximum atomic E-state index is 11.1. The summed E-state index contributed by atoms with van der Waals surface area (Å²) in [5, 5.41) is 20.2. The molecule has 2 rings (SSSR count). The Morgan fingerprint density at radius 1 is 1.10 bits per heavy atom. The second-order valence-electron chi connectivity index (χ2n) is 4.80. The molecule has 21 heavy (non-hydrogen) atoms. The monoisotopic (exact) mass is 285 g/mol. The van der Waals surface area contributed by atoms with E-state index in [0.717, 1.165) is 5.56 Å². The van der Waals surface area contributed by atoms with Crippen molar-refractivity contribution in [1.29, 1.82) is 0 Å². The van der Waals surface area contributed by atoms with E-state index in [4.69, 9.17) is 5.11 Å². The second-order valence-corrected chi connectivity index (χ2v) is 4.80. The molecule has 1 N–H and O–H groups in total. The molecule has 0 aliphatic rings. The minimum atomic E-state index is -0.964. The van der Waals surface area contributed by atoms with Gasteiger partial charge in [-0.2, -0.15) is 0 Å². The zero-order chi connectivity index (χ0) is 15.2. The van der Waals surface area contributed by atoms with E-state index in [1.165, 1.54) is 6.07 Å². The van der Waals surface area contributed by atoms with Crippen LogP contribution in [-0.4, -0.2) is 16.0 Å². The van der Waals surface area contributed by atoms with Crippen molar-refractivity contribution in [2.75, 3.05) is 0 Å². The van der Waals surface area contributed by atoms with Gasteiger partial charge in [0.05, 0.1) is 11.3 Å². The normalized spacial score (nSPS) is 11.8. The van der Waals surface area contributed by atoms with E-state index in [9.17, 15) is 14.9 Å². The van der Waals surface area contributed by atoms with Gasteiger partial charge in [0, 0.05) is 17.5 Å². The van der Waals surface area contributed by atoms with Crippen LogP contribution in [0, 0.1) is 10.1 Å². The third kappa shape index (κ3) is 3.89. The van der Waals surface area contributed by atoms with Crippen LogP contribution in [0.2, 0.25) is 0 Å². The van der Waals surface area contributed by atoms with Gasteiger partial charge in [-0.05, 0) is 12.0 Å². The lowest BCUT2D eigenvalue weighted by Crippen LogP contribution is -2.11. The van der Waals surface area contributed by atoms with Crippen LogP contribution in [0.15, 0.2) is 54.6 Å². The van der Waals surface area contributed by atoms with E-state index in [2.05, 4.69) is 0 Å². The van der Waals surface area contributed by atoms with Crippen LogP contribution >= 0.6 is 0 Å². The van der Waals surface area contributed by atoms with Gasteiger partial charge in [0.25, 0.3) is 5.69 Å². The van der Waals surface area contributed by atoms with Gasteiger partial charge in [0.2, 0.25) is 0 Å². The molecule has 1 unspecified atom stereocenters. The highest BCUT2D eigenvalue weighted by molar-refractivity contribution is 5.68. The molecular formula is C16H15NO4. The zero-order valence-electron chi connectivity index (χ0n) is 11.3. The standard InChI is InChI=1S/C16H15NO4/c18-16(19)11-13(10-12-6-2-1-3-7-12)14-8-4-5-9-15(14)17(20)21/h1-9,13H,10-11H2,(H,18,19). The van der Waals surface area contributed by atoms with Crippen molar-refractivity contribution in [2.24, 2.45) is 0 Å². The number of benzene rings is 2. The van der Waals surface area contributed by atoms with E-state index in [-0.39, 0.29) is 12.1 Å². The highest BCUT2D eigenvalue weighted by atomic mass is 16.6. The molecule has 2 aromatic carbocycles. The number of nitrogens with zero attached hydrogens (tertiary/aromatic N) is 1. The SMILES string of the molecule is O=C(O)CC(Cc1ccccc1)c1ccccc1[N+](=O)[O-]. The molecule has 0 heterocycles. The minimum Gasteiger partial charge on any atom is -0.481 e. The first-order chi connectivity index (χ1) is 10.1. The molecule has 0 bridgehead atoms. The number of carboxylic acid groups (broad SMARTS) is 1. The van der Waals surface area contributed by atoms with Gasteiger partial charge in [0.1, 0.15) is 0 Å². The first-order valence-electron chi connectivity index (χ1n) is 6.57. The predicted octanol–water partition coefficient (Wildman–Crippen LogP) is 3.40. The molecule has 0 fully saturated rings. The van der Waals surface area contributed by atoms with Gasteiger partial charge < -0.3 is 5.11 Å². The Morgan fingerprint density at radius 2 is 1.71 bits per heavy atom. The summed E-state index contributed by atoms with van der Waals surface area (Å²) in [6.07, 6.45) is 0.317. The molecule has 0 radical (unpaired) electrons. The Morgan fingerprint density at radius 3 is 2.33 bits per heavy atom. The fourth-order valence-electron chi connectivity index (χ4n) is 2.40. The fourth-order valence-corrected chi connectivity index (χ4v) is 2.40. The quantitative estimate of drug-likeness (QED) is 0.651. The van der Waals surface area contributed by atoms with E-state index < -0.39 is 16.8 Å². The Labute approximate surface area is 122 Å². The Kier molecular flexibility index (Phi) is 4.66. The van der Waals surface area contributed by atoms with Crippen LogP contribution in [0.4, 0.5) is 5.69 Å². The van der Waals surface area contributed by atoms with Crippen LogP contribution in [-0.2, 0) is 11.2 Å². The van der Waals surface area contributed by atoms with Crippen molar-refractivity contribution in [3.05, 3.63) is 75.8 Å². The summed E-state index contributed by atoms with van der Waals surface area (Å²) in [7, 11) is 0. The van der Waals surface area contributed by atoms with Gasteiger partial charge in [-0.1, -0.05) is 48.5 Å². The summed E-state index contributed by atoms with van der Waals surface area (Å²) < 4.78 is 0. The zero-order valence-corrected chi connectivity index (χ0v) is 11.3. The Balaban J connectivity index is 2.36. The van der Waals surface area contributed by atoms with Gasteiger partial charge in [-0.25, -0.2) is 0 Å². The van der Waals surface area contributed by atoms with Crippen LogP contribution < -0.4 is 0 Å². The van der Waals surface area contributed by atoms with E-state index >= 15 is 0 Å². The maximum Gasteiger partial charge on any atom is 0.303 e. The summed E-state index contributed by atoms with van der Waals surface area (Å²) >= 11 is 0. The largest absolute Gasteiger partial charge is 0.481 e. The van der Waals surface area contributed by atoms with Crippen molar-refractivity contribution >= 4 is 11.7 Å². The average molecular weight is 285 g/mol. The van der Waals surface area contributed by atoms with Gasteiger partial charge in [-0.15, -0.1) is 0 Å². The average Bonchev–Trinajstić information content (AvgIpc) is 2.47. The molecule has 1 atom stereocenters. The number of nitro groups is 1. The highest BCUT2D eigenvalue weighted by Crippen LogP contribution is 2.31. The first-order valence-corrected chi connectivity index (χ1v) is 6.57. The smallest absolute Gasteiger partial charge is 0.303 e. The van der Waals surface area contributed by atoms with Gasteiger partial charge in [-0.3, -0.25) is 14.9 Å². The molecule has 0 aliphatic heterocycles. The Bertz CT molecular complexity index is 640. The lowest BCUT2D eigenvalue weighted by Gasteiger charge is -2.15. The van der Waals surface area contributed by atoms with Crippen LogP contribution in [0.25, 0.3) is 0 Å². The summed E-state index contributed by atoms with van der Waals surface area (Å²) in [6.45, 7) is 0. The number of carbonyl (C=O) groups is 1. The summed E-state index contributed by atoms with van der Waals surface area (Å²) in [5.41, 5.74) is 1.40. The highest BCUT2D eigenvalue weighted by Gasteiger charge is 2.24. The van der Waals surface area contributed by atoms with Crippen LogP contribution in [0.5, 0.6) is 0 Å². The van der Waals surface area contributed by atoms with Gasteiger partial charge >= 0.3 is 5.97 Å². The number of rotatable bonds is 6. The molecule has 0 aliphatic carbocycles. The maximum absolute atomic E-state index is 11.1. The fraction of sp³-hybridized carbons (Fsp3) is 0.188. The van der Waals surface area contributed by atoms with Gasteiger partial charge in [0.15, 0.2) is 0 Å². The molecule has 5 heteroatoms. The molecule has 2 aromatic rings. The van der Waals surface area contributed by atoms with Crippen molar-refractivity contribution in [3.63, 3.8) is 0 Å². The van der Waals surface area contributed by atoms with E-state index in [1.807, 2.05) is 30.3 Å². The number of para-hydroxylation sites is 1. The molecule has 0 spiro atoms. The lowest BCUT2D eigenvalue weighted by atomic mass is 9.88. The molecule has 0 saturated carbocycles. The summed E-state index contributed by atoms with van der Waals surface area (Å²) in [6, 6.07) is 15.7. The predicted molar refractivity (Wildman–Crippen MR) is 78.2 cm³/mol. The number of hydrogen-bond acceptors (Lipinski definition) is 3. The van der Waals surface area contributed by atoms with Crippen LogP contribution in [0.1, 0.15) is 23.5 Å². The number of aliphatic carboxylic acids is 1. The topological polar surface area (TPSA) is 80.4 Å². The molecular weight excluding hydrogens is 270 g/mol. The van der Waals surface area contributed by atoms with E-state index in [0.29, 0.717) is 12.0 Å². The molecule has 0 aromatic heterocycles. The molecule has 108 valence electrons. The molecule has 0 amide bonds. The number of carboxylic acids is 1. The minimum absolute atomic E-state index is 0.0281. The molecule has 5 nitrogen and oxygen atoms in total. The van der Waals surface area contributed by atoms with Crippen molar-refractivity contribution in [3.8, 4) is 0 Å². The van der Waals surface area contributed by atoms with Crippen molar-refractivity contribution < 1.29 is 14.8 Å². The summed E-state index contributed by atoms with van der Waals surface area (Å²) in [5.74, 6) is -1.39. The Hall–Kier alpha value is -2.69. The lowest BCUT2D eigenvalue weighted by molar-refractivity contribution is -0.385. The molecule has 0 saturated heterocycles. The second kappa shape index (κ2) is 6.65. The van der Waals surface area contributed by atoms with Crippen LogP contribution in [0.3, 0.4) is 0 Å². The third-order valence-corrected chi connectivity index (χ3v) is 3.32. The third-order valence-electron chi connectivity index (χ3n) is 3.32. The first kappa shape index (κ1) is 14.7. The van der Waals surface area contributed by atoms with Crippen molar-refractivity contribution in [2.45, 2.75) is 18.8 Å². The number of hydrogen-bond donors (Lipinski definition) is 1. The van der Waals surface area contributed by atoms with Crippen molar-refractivity contribution in [1.82, 2.24) is 0 Å².